The minimum atomic E-state index is -3.47. The number of amides is 1. The molecule has 132 valence electrons. The maximum atomic E-state index is 12.4. The van der Waals surface area contributed by atoms with E-state index < -0.39 is 10.0 Å². The number of carbonyl (C=O) groups is 1. The predicted octanol–water partition coefficient (Wildman–Crippen LogP) is 2.25. The summed E-state index contributed by atoms with van der Waals surface area (Å²) in [6.07, 6.45) is 1.83. The van der Waals surface area contributed by atoms with Crippen molar-refractivity contribution in [3.8, 4) is 11.5 Å². The number of benzene rings is 2. The van der Waals surface area contributed by atoms with Gasteiger partial charge in [-0.3, -0.25) is 9.52 Å². The molecule has 0 radical (unpaired) electrons. The molecule has 1 aliphatic heterocycles. The average Bonchev–Trinajstić information content (AvgIpc) is 3.01. The van der Waals surface area contributed by atoms with Crippen LogP contribution in [0.3, 0.4) is 0 Å². The van der Waals surface area contributed by atoms with Crippen molar-refractivity contribution >= 4 is 27.3 Å². The zero-order valence-corrected chi connectivity index (χ0v) is 14.6. The first-order valence-electron chi connectivity index (χ1n) is 7.58. The molecule has 0 aliphatic carbocycles. The van der Waals surface area contributed by atoms with E-state index in [2.05, 4.69) is 10.0 Å². The van der Waals surface area contributed by atoms with E-state index in [1.165, 1.54) is 13.2 Å². The first-order valence-corrected chi connectivity index (χ1v) is 9.48. The van der Waals surface area contributed by atoms with Crippen molar-refractivity contribution in [2.24, 2.45) is 0 Å². The first-order chi connectivity index (χ1) is 11.9. The molecule has 0 bridgehead atoms. The highest BCUT2D eigenvalue weighted by Gasteiger charge is 2.16. The lowest BCUT2D eigenvalue weighted by molar-refractivity contribution is 0.102. The fraction of sp³-hybridized carbons (Fsp3) is 0.235. The number of hydrogen-bond donors (Lipinski definition) is 2. The van der Waals surface area contributed by atoms with Crippen LogP contribution in [0.2, 0.25) is 0 Å². The number of carbonyl (C=O) groups excluding carboxylic acids is 1. The summed E-state index contributed by atoms with van der Waals surface area (Å²) in [6.45, 7) is 0.624. The molecule has 0 saturated heterocycles. The zero-order valence-electron chi connectivity index (χ0n) is 13.8. The van der Waals surface area contributed by atoms with Crippen molar-refractivity contribution in [3.05, 3.63) is 47.5 Å². The molecular formula is C17H18N2O5S. The number of methoxy groups -OCH3 is 1. The van der Waals surface area contributed by atoms with E-state index in [4.69, 9.17) is 9.47 Å². The molecule has 2 aromatic carbocycles. The number of nitrogens with one attached hydrogen (secondary N) is 2. The van der Waals surface area contributed by atoms with Gasteiger partial charge in [0, 0.05) is 17.7 Å². The van der Waals surface area contributed by atoms with Gasteiger partial charge in [-0.05, 0) is 42.0 Å². The van der Waals surface area contributed by atoms with Crippen LogP contribution in [0.15, 0.2) is 36.4 Å². The van der Waals surface area contributed by atoms with Gasteiger partial charge in [0.15, 0.2) is 0 Å². The minimum absolute atomic E-state index is 0.255. The summed E-state index contributed by atoms with van der Waals surface area (Å²) in [5.74, 6) is 0.879. The lowest BCUT2D eigenvalue weighted by Gasteiger charge is -2.12. The monoisotopic (exact) mass is 362 g/mol. The summed E-state index contributed by atoms with van der Waals surface area (Å²) in [7, 11) is -2.03. The van der Waals surface area contributed by atoms with Crippen molar-refractivity contribution in [2.75, 3.05) is 30.0 Å². The molecule has 25 heavy (non-hydrogen) atoms. The zero-order chi connectivity index (χ0) is 18.0. The third-order valence-corrected chi connectivity index (χ3v) is 4.30. The quantitative estimate of drug-likeness (QED) is 0.851. The predicted molar refractivity (Wildman–Crippen MR) is 95.1 cm³/mol. The molecule has 0 spiro atoms. The fourth-order valence-corrected chi connectivity index (χ4v) is 3.16. The van der Waals surface area contributed by atoms with Crippen LogP contribution in [0.25, 0.3) is 0 Å². The van der Waals surface area contributed by atoms with E-state index in [0.717, 1.165) is 24.0 Å². The van der Waals surface area contributed by atoms with Gasteiger partial charge in [-0.1, -0.05) is 0 Å². The highest BCUT2D eigenvalue weighted by atomic mass is 32.2. The van der Waals surface area contributed by atoms with Crippen LogP contribution in [-0.2, 0) is 16.4 Å². The van der Waals surface area contributed by atoms with E-state index >= 15 is 0 Å². The number of rotatable bonds is 5. The summed E-state index contributed by atoms with van der Waals surface area (Å²) in [5.41, 5.74) is 2.22. The Morgan fingerprint density at radius 1 is 1.20 bits per heavy atom. The van der Waals surface area contributed by atoms with Crippen molar-refractivity contribution in [1.82, 2.24) is 0 Å². The van der Waals surface area contributed by atoms with Crippen LogP contribution in [-0.4, -0.2) is 34.3 Å². The van der Waals surface area contributed by atoms with Gasteiger partial charge in [-0.2, -0.15) is 0 Å². The van der Waals surface area contributed by atoms with Crippen molar-refractivity contribution in [1.29, 1.82) is 0 Å². The summed E-state index contributed by atoms with van der Waals surface area (Å²) < 4.78 is 35.9. The Bertz CT molecular complexity index is 925. The van der Waals surface area contributed by atoms with Crippen molar-refractivity contribution < 1.29 is 22.7 Å². The molecule has 8 heteroatoms. The second kappa shape index (κ2) is 6.64. The molecule has 0 aromatic heterocycles. The molecule has 0 unspecified atom stereocenters. The molecule has 0 saturated carbocycles. The number of hydrogen-bond acceptors (Lipinski definition) is 5. The molecule has 1 heterocycles. The Morgan fingerprint density at radius 3 is 2.72 bits per heavy atom. The summed E-state index contributed by atoms with van der Waals surface area (Å²) >= 11 is 0. The maximum Gasteiger partial charge on any atom is 0.255 e. The van der Waals surface area contributed by atoms with E-state index in [1.807, 2.05) is 0 Å². The van der Waals surface area contributed by atoms with E-state index in [1.54, 1.807) is 30.3 Å². The molecule has 7 nitrogen and oxygen atoms in total. The van der Waals surface area contributed by atoms with E-state index in [-0.39, 0.29) is 11.6 Å². The molecule has 1 amide bonds. The molecular weight excluding hydrogens is 344 g/mol. The number of ether oxygens (including phenoxy) is 2. The number of anilines is 2. The van der Waals surface area contributed by atoms with Crippen molar-refractivity contribution in [2.45, 2.75) is 6.42 Å². The smallest absolute Gasteiger partial charge is 0.255 e. The number of sulfonamides is 1. The van der Waals surface area contributed by atoms with Crippen LogP contribution in [0.4, 0.5) is 11.4 Å². The Morgan fingerprint density at radius 2 is 2.00 bits per heavy atom. The van der Waals surface area contributed by atoms with Gasteiger partial charge in [-0.25, -0.2) is 8.42 Å². The fourth-order valence-electron chi connectivity index (χ4n) is 2.60. The first kappa shape index (κ1) is 17.1. The SMILES string of the molecule is COc1ccc(NC(=O)c2ccc3c(c2)CCO3)cc1NS(C)(=O)=O. The van der Waals surface area contributed by atoms with Crippen LogP contribution >= 0.6 is 0 Å². The molecule has 0 atom stereocenters. The van der Waals surface area contributed by atoms with Crippen LogP contribution in [0, 0.1) is 0 Å². The van der Waals surface area contributed by atoms with Gasteiger partial charge >= 0.3 is 0 Å². The van der Waals surface area contributed by atoms with E-state index in [9.17, 15) is 13.2 Å². The molecule has 0 fully saturated rings. The molecule has 1 aliphatic rings. The largest absolute Gasteiger partial charge is 0.495 e. The minimum Gasteiger partial charge on any atom is -0.495 e. The molecule has 2 aromatic rings. The summed E-state index contributed by atoms with van der Waals surface area (Å²) in [6, 6.07) is 10.0. The topological polar surface area (TPSA) is 93.7 Å². The van der Waals surface area contributed by atoms with Gasteiger partial charge in [0.25, 0.3) is 5.91 Å². The normalized spacial score (nSPS) is 12.9. The van der Waals surface area contributed by atoms with Crippen LogP contribution in [0.5, 0.6) is 11.5 Å². The number of fused-ring (bicyclic) bond motifs is 1. The van der Waals surface area contributed by atoms with Crippen molar-refractivity contribution in [3.63, 3.8) is 0 Å². The second-order valence-corrected chi connectivity index (χ2v) is 7.41. The van der Waals surface area contributed by atoms with E-state index in [0.29, 0.717) is 23.6 Å². The average molecular weight is 362 g/mol. The lowest BCUT2D eigenvalue weighted by Crippen LogP contribution is -2.14. The lowest BCUT2D eigenvalue weighted by atomic mass is 10.1. The van der Waals surface area contributed by atoms with Gasteiger partial charge in [0.05, 0.1) is 25.7 Å². The Kier molecular flexibility index (Phi) is 4.54. The van der Waals surface area contributed by atoms with Gasteiger partial charge in [0.2, 0.25) is 10.0 Å². The highest BCUT2D eigenvalue weighted by Crippen LogP contribution is 2.29. The standard InChI is InChI=1S/C17H18N2O5S/c1-23-16-6-4-13(10-14(16)19-25(2,21)22)18-17(20)12-3-5-15-11(9-12)7-8-24-15/h3-6,9-10,19H,7-8H2,1-2H3,(H,18,20). The third kappa shape index (κ3) is 4.03. The second-order valence-electron chi connectivity index (χ2n) is 5.66. The highest BCUT2D eigenvalue weighted by molar-refractivity contribution is 7.92. The Labute approximate surface area is 146 Å². The molecule has 3 rings (SSSR count). The van der Waals surface area contributed by atoms with Gasteiger partial charge in [-0.15, -0.1) is 0 Å². The Hall–Kier alpha value is -2.74. The van der Waals surface area contributed by atoms with Crippen LogP contribution in [0.1, 0.15) is 15.9 Å². The van der Waals surface area contributed by atoms with Gasteiger partial charge < -0.3 is 14.8 Å². The summed E-state index contributed by atoms with van der Waals surface area (Å²) in [4.78, 5) is 12.4. The molecule has 2 N–H and O–H groups in total. The summed E-state index contributed by atoms with van der Waals surface area (Å²) in [5, 5.41) is 2.76. The van der Waals surface area contributed by atoms with Crippen LogP contribution < -0.4 is 19.5 Å². The van der Waals surface area contributed by atoms with Gasteiger partial charge in [0.1, 0.15) is 11.5 Å². The third-order valence-electron chi connectivity index (χ3n) is 3.70. The maximum absolute atomic E-state index is 12.4. The Balaban J connectivity index is 1.82.